The van der Waals surface area contributed by atoms with Crippen LogP contribution in [0.25, 0.3) is 0 Å². The molecule has 0 aromatic heterocycles. The number of aliphatic hydroxyl groups is 1. The van der Waals surface area contributed by atoms with Crippen molar-refractivity contribution in [3.8, 4) is 11.5 Å². The van der Waals surface area contributed by atoms with Crippen LogP contribution in [0.3, 0.4) is 0 Å². The van der Waals surface area contributed by atoms with E-state index in [4.69, 9.17) is 18.9 Å². The van der Waals surface area contributed by atoms with Crippen molar-refractivity contribution in [1.29, 1.82) is 0 Å². The van der Waals surface area contributed by atoms with E-state index in [0.29, 0.717) is 13.2 Å². The number of unbranched alkanes of at least 4 members (excludes halogenated alkanes) is 3. The summed E-state index contributed by atoms with van der Waals surface area (Å²) in [7, 11) is 3.31. The molecule has 3 rings (SSSR count). The van der Waals surface area contributed by atoms with Gasteiger partial charge < -0.3 is 24.1 Å². The molecule has 0 bridgehead atoms. The van der Waals surface area contributed by atoms with Crippen LogP contribution >= 0.6 is 11.8 Å². The first-order valence-corrected chi connectivity index (χ1v) is 15.2. The highest BCUT2D eigenvalue weighted by Gasteiger charge is 2.40. The summed E-state index contributed by atoms with van der Waals surface area (Å²) in [6, 6.07) is 26.0. The molecule has 0 saturated heterocycles. The topological polar surface area (TPSA) is 74.2 Å². The van der Waals surface area contributed by atoms with E-state index in [1.165, 1.54) is 11.8 Å². The molecule has 0 heterocycles. The predicted molar refractivity (Wildman–Crippen MR) is 166 cm³/mol. The van der Waals surface area contributed by atoms with Gasteiger partial charge in [-0.1, -0.05) is 86.1 Å². The molecule has 7 heteroatoms. The van der Waals surface area contributed by atoms with Gasteiger partial charge in [-0.05, 0) is 53.8 Å². The molecule has 222 valence electrons. The molecule has 0 saturated carbocycles. The lowest BCUT2D eigenvalue weighted by molar-refractivity contribution is -0.109. The SMILES string of the molecule is COc1ccc(C(OCC(C)(CO)COCCCCCCSC(C)=O)(c2ccccc2)c2ccc(OC)cc2)cc1. The van der Waals surface area contributed by atoms with Gasteiger partial charge >= 0.3 is 0 Å². The maximum absolute atomic E-state index is 11.1. The lowest BCUT2D eigenvalue weighted by atomic mass is 9.79. The molecule has 0 radical (unpaired) electrons. The van der Waals surface area contributed by atoms with Crippen LogP contribution in [0, 0.1) is 5.41 Å². The first-order chi connectivity index (χ1) is 19.9. The Labute approximate surface area is 249 Å². The second-order valence-corrected chi connectivity index (χ2v) is 11.8. The molecule has 6 nitrogen and oxygen atoms in total. The van der Waals surface area contributed by atoms with Gasteiger partial charge in [0, 0.05) is 24.7 Å². The van der Waals surface area contributed by atoms with Crippen LogP contribution in [-0.4, -0.2) is 56.6 Å². The van der Waals surface area contributed by atoms with Gasteiger partial charge in [-0.2, -0.15) is 0 Å². The van der Waals surface area contributed by atoms with Gasteiger partial charge in [-0.25, -0.2) is 0 Å². The summed E-state index contributed by atoms with van der Waals surface area (Å²) in [5, 5.41) is 10.6. The van der Waals surface area contributed by atoms with E-state index in [1.807, 2.05) is 73.7 Å². The molecule has 0 amide bonds. The van der Waals surface area contributed by atoms with Crippen LogP contribution in [0.4, 0.5) is 0 Å². The van der Waals surface area contributed by atoms with Crippen LogP contribution < -0.4 is 9.47 Å². The van der Waals surface area contributed by atoms with Gasteiger partial charge in [0.1, 0.15) is 17.1 Å². The highest BCUT2D eigenvalue weighted by Crippen LogP contribution is 2.42. The Hall–Kier alpha value is -2.84. The fourth-order valence-electron chi connectivity index (χ4n) is 4.68. The van der Waals surface area contributed by atoms with E-state index in [-0.39, 0.29) is 18.3 Å². The Balaban J connectivity index is 1.80. The van der Waals surface area contributed by atoms with Crippen LogP contribution in [0.1, 0.15) is 56.2 Å². The van der Waals surface area contributed by atoms with E-state index in [0.717, 1.165) is 59.6 Å². The van der Waals surface area contributed by atoms with Crippen molar-refractivity contribution in [2.24, 2.45) is 5.41 Å². The van der Waals surface area contributed by atoms with E-state index in [1.54, 1.807) is 21.1 Å². The zero-order valence-electron chi connectivity index (χ0n) is 24.8. The van der Waals surface area contributed by atoms with Gasteiger partial charge in [-0.15, -0.1) is 0 Å². The molecule has 0 fully saturated rings. The maximum Gasteiger partial charge on any atom is 0.185 e. The lowest BCUT2D eigenvalue weighted by Gasteiger charge is -2.39. The number of hydrogen-bond acceptors (Lipinski definition) is 7. The van der Waals surface area contributed by atoms with Crippen molar-refractivity contribution in [3.63, 3.8) is 0 Å². The summed E-state index contributed by atoms with van der Waals surface area (Å²) in [5.74, 6) is 2.40. The molecule has 41 heavy (non-hydrogen) atoms. The molecular weight excluding hydrogens is 536 g/mol. The molecule has 0 aliphatic rings. The third-order valence-corrected chi connectivity index (χ3v) is 8.03. The molecule has 1 N–H and O–H groups in total. The minimum Gasteiger partial charge on any atom is -0.497 e. The largest absolute Gasteiger partial charge is 0.497 e. The average Bonchev–Trinajstić information content (AvgIpc) is 3.01. The Morgan fingerprint density at radius 1 is 0.756 bits per heavy atom. The summed E-state index contributed by atoms with van der Waals surface area (Å²) in [6.45, 7) is 4.78. The highest BCUT2D eigenvalue weighted by atomic mass is 32.2. The van der Waals surface area contributed by atoms with Crippen LogP contribution in [0.15, 0.2) is 78.9 Å². The molecule has 3 aromatic rings. The van der Waals surface area contributed by atoms with Gasteiger partial charge in [0.05, 0.1) is 34.0 Å². The minimum absolute atomic E-state index is 0.0780. The highest BCUT2D eigenvalue weighted by molar-refractivity contribution is 8.13. The fraction of sp³-hybridized carbons (Fsp3) is 0.441. The Morgan fingerprint density at radius 2 is 1.29 bits per heavy atom. The van der Waals surface area contributed by atoms with Gasteiger partial charge in [0.15, 0.2) is 5.12 Å². The molecule has 1 atom stereocenters. The van der Waals surface area contributed by atoms with Crippen molar-refractivity contribution in [1.82, 2.24) is 0 Å². The van der Waals surface area contributed by atoms with E-state index in [2.05, 4.69) is 12.1 Å². The first-order valence-electron chi connectivity index (χ1n) is 14.2. The van der Waals surface area contributed by atoms with Gasteiger partial charge in [-0.3, -0.25) is 4.79 Å². The number of methoxy groups -OCH3 is 2. The smallest absolute Gasteiger partial charge is 0.185 e. The summed E-state index contributed by atoms with van der Waals surface area (Å²) in [6.07, 6.45) is 4.10. The van der Waals surface area contributed by atoms with E-state index in [9.17, 15) is 9.90 Å². The number of carbonyl (C=O) groups excluding carboxylic acids is 1. The molecule has 3 aromatic carbocycles. The Bertz CT molecular complexity index is 1120. The Kier molecular flexibility index (Phi) is 13.2. The monoisotopic (exact) mass is 580 g/mol. The zero-order valence-corrected chi connectivity index (χ0v) is 25.6. The van der Waals surface area contributed by atoms with E-state index >= 15 is 0 Å². The van der Waals surface area contributed by atoms with Crippen molar-refractivity contribution < 1.29 is 28.8 Å². The summed E-state index contributed by atoms with van der Waals surface area (Å²) in [4.78, 5) is 11.1. The standard InChI is InChI=1S/C34H44O6S/c1-27(36)41-23-11-6-5-10-22-39-25-33(2,24-35)26-40-34(28-12-8-7-9-13-28,29-14-18-31(37-3)19-15-29)30-16-20-32(38-4)21-17-30/h7-9,12-21,35H,5-6,10-11,22-26H2,1-4H3. The van der Waals surface area contributed by atoms with Crippen LogP contribution in [0.5, 0.6) is 11.5 Å². The molecule has 0 aliphatic carbocycles. The number of thioether (sulfide) groups is 1. The second-order valence-electron chi connectivity index (χ2n) is 10.6. The van der Waals surface area contributed by atoms with Crippen LogP contribution in [0.2, 0.25) is 0 Å². The van der Waals surface area contributed by atoms with Gasteiger partial charge in [0.2, 0.25) is 0 Å². The normalized spacial score (nSPS) is 13.0. The predicted octanol–water partition coefficient (Wildman–Crippen LogP) is 6.87. The molecule has 0 spiro atoms. The number of carbonyl (C=O) groups is 1. The number of aliphatic hydroxyl groups excluding tert-OH is 1. The third kappa shape index (κ3) is 9.33. The zero-order chi connectivity index (χ0) is 29.6. The van der Waals surface area contributed by atoms with Crippen LogP contribution in [-0.2, 0) is 19.9 Å². The Morgan fingerprint density at radius 3 is 1.80 bits per heavy atom. The molecular formula is C34H44O6S. The van der Waals surface area contributed by atoms with Crippen molar-refractivity contribution >= 4 is 16.9 Å². The lowest BCUT2D eigenvalue weighted by Crippen LogP contribution is -2.40. The van der Waals surface area contributed by atoms with E-state index < -0.39 is 11.0 Å². The first kappa shape index (κ1) is 32.7. The third-order valence-electron chi connectivity index (χ3n) is 7.13. The summed E-state index contributed by atoms with van der Waals surface area (Å²) < 4.78 is 23.9. The van der Waals surface area contributed by atoms with Crippen molar-refractivity contribution in [2.75, 3.05) is 46.4 Å². The summed E-state index contributed by atoms with van der Waals surface area (Å²) >= 11 is 1.39. The fourth-order valence-corrected chi connectivity index (χ4v) is 5.32. The number of benzene rings is 3. The second kappa shape index (κ2) is 16.6. The quantitative estimate of drug-likeness (QED) is 0.130. The number of rotatable bonds is 18. The number of ether oxygens (including phenoxy) is 4. The molecule has 0 aliphatic heterocycles. The minimum atomic E-state index is -0.950. The van der Waals surface area contributed by atoms with Crippen molar-refractivity contribution in [2.45, 2.75) is 45.1 Å². The van der Waals surface area contributed by atoms with Gasteiger partial charge in [0.25, 0.3) is 0 Å². The van der Waals surface area contributed by atoms with Crippen molar-refractivity contribution in [3.05, 3.63) is 95.6 Å². The average molecular weight is 581 g/mol. The molecule has 1 unspecified atom stereocenters. The summed E-state index contributed by atoms with van der Waals surface area (Å²) in [5.41, 5.74) is 1.29. The maximum atomic E-state index is 11.1. The number of hydrogen-bond donors (Lipinski definition) is 1.